The van der Waals surface area contributed by atoms with E-state index in [2.05, 4.69) is 34.9 Å². The molecule has 2 aromatic rings. The Hall–Kier alpha value is -1.69. The molecule has 2 N–H and O–H groups in total. The zero-order chi connectivity index (χ0) is 16.2. The molecule has 0 saturated carbocycles. The summed E-state index contributed by atoms with van der Waals surface area (Å²) in [5.74, 6) is 1.92. The van der Waals surface area contributed by atoms with Crippen LogP contribution in [0.1, 0.15) is 29.1 Å². The minimum absolute atomic E-state index is 0. The van der Waals surface area contributed by atoms with Crippen LogP contribution in [0.3, 0.4) is 0 Å². The molecule has 2 aliphatic rings. The van der Waals surface area contributed by atoms with Crippen molar-refractivity contribution in [1.82, 2.24) is 15.3 Å². The lowest BCUT2D eigenvalue weighted by Gasteiger charge is -2.18. The third-order valence-electron chi connectivity index (χ3n) is 4.71. The third-order valence-corrected chi connectivity index (χ3v) is 4.71. The SMILES string of the molecule is Cl.c1ccc(Cc2nc3c(c(NC4CCOC4)n2)CCNCC3)cc1. The molecular weight excluding hydrogens is 336 g/mol. The monoisotopic (exact) mass is 360 g/mol. The van der Waals surface area contributed by atoms with Gasteiger partial charge in [0.15, 0.2) is 0 Å². The summed E-state index contributed by atoms with van der Waals surface area (Å²) >= 11 is 0. The summed E-state index contributed by atoms with van der Waals surface area (Å²) in [5, 5.41) is 7.08. The second-order valence-corrected chi connectivity index (χ2v) is 6.53. The fourth-order valence-electron chi connectivity index (χ4n) is 3.41. The summed E-state index contributed by atoms with van der Waals surface area (Å²) in [6.45, 7) is 3.58. The minimum Gasteiger partial charge on any atom is -0.379 e. The van der Waals surface area contributed by atoms with Gasteiger partial charge in [-0.25, -0.2) is 9.97 Å². The molecule has 134 valence electrons. The lowest BCUT2D eigenvalue weighted by Crippen LogP contribution is -2.22. The molecule has 1 saturated heterocycles. The number of fused-ring (bicyclic) bond motifs is 1. The molecule has 0 amide bonds. The molecule has 0 radical (unpaired) electrons. The predicted molar refractivity (Wildman–Crippen MR) is 102 cm³/mol. The second-order valence-electron chi connectivity index (χ2n) is 6.53. The number of hydrogen-bond acceptors (Lipinski definition) is 5. The van der Waals surface area contributed by atoms with E-state index in [4.69, 9.17) is 14.7 Å². The maximum Gasteiger partial charge on any atom is 0.135 e. The van der Waals surface area contributed by atoms with Crippen LogP contribution in [-0.2, 0) is 24.0 Å². The van der Waals surface area contributed by atoms with Crippen molar-refractivity contribution >= 4 is 18.2 Å². The van der Waals surface area contributed by atoms with Crippen molar-refractivity contribution in [1.29, 1.82) is 0 Å². The molecule has 1 fully saturated rings. The molecule has 1 unspecified atom stereocenters. The van der Waals surface area contributed by atoms with Gasteiger partial charge in [-0.05, 0) is 24.9 Å². The normalized spacial score (nSPS) is 19.6. The summed E-state index contributed by atoms with van der Waals surface area (Å²) in [5.41, 5.74) is 3.73. The van der Waals surface area contributed by atoms with E-state index in [1.54, 1.807) is 0 Å². The fourth-order valence-corrected chi connectivity index (χ4v) is 3.41. The highest BCUT2D eigenvalue weighted by molar-refractivity contribution is 5.85. The Bertz CT molecular complexity index is 689. The van der Waals surface area contributed by atoms with E-state index >= 15 is 0 Å². The van der Waals surface area contributed by atoms with Gasteiger partial charge in [-0.2, -0.15) is 0 Å². The smallest absolute Gasteiger partial charge is 0.135 e. The van der Waals surface area contributed by atoms with Gasteiger partial charge in [0.1, 0.15) is 11.6 Å². The number of anilines is 1. The molecule has 25 heavy (non-hydrogen) atoms. The van der Waals surface area contributed by atoms with Crippen molar-refractivity contribution in [3.05, 3.63) is 53.0 Å². The van der Waals surface area contributed by atoms with Gasteiger partial charge in [0.2, 0.25) is 0 Å². The standard InChI is InChI=1S/C19H24N4O.ClH/c1-2-4-14(5-3-1)12-18-22-17-7-10-20-9-6-16(17)19(23-18)21-15-8-11-24-13-15;/h1-5,15,20H,6-13H2,(H,21,22,23);1H. The third kappa shape index (κ3) is 4.48. The first-order valence-electron chi connectivity index (χ1n) is 8.86. The Morgan fingerprint density at radius 1 is 1.12 bits per heavy atom. The van der Waals surface area contributed by atoms with Crippen molar-refractivity contribution in [2.24, 2.45) is 0 Å². The molecule has 0 aliphatic carbocycles. The highest BCUT2D eigenvalue weighted by Gasteiger charge is 2.21. The number of rotatable bonds is 4. The van der Waals surface area contributed by atoms with Crippen LogP contribution in [0.2, 0.25) is 0 Å². The predicted octanol–water partition coefficient (Wildman–Crippen LogP) is 2.38. The molecule has 2 aliphatic heterocycles. The second kappa shape index (κ2) is 8.61. The number of nitrogens with zero attached hydrogens (tertiary/aromatic N) is 2. The number of ether oxygens (including phenoxy) is 1. The van der Waals surface area contributed by atoms with Crippen molar-refractivity contribution in [3.63, 3.8) is 0 Å². The molecule has 4 rings (SSSR count). The maximum absolute atomic E-state index is 5.51. The summed E-state index contributed by atoms with van der Waals surface area (Å²) < 4.78 is 5.51. The Labute approximate surface area is 155 Å². The molecular formula is C19H25ClN4O. The van der Waals surface area contributed by atoms with Gasteiger partial charge in [0.05, 0.1) is 18.3 Å². The molecule has 1 aromatic carbocycles. The van der Waals surface area contributed by atoms with Crippen LogP contribution in [0.4, 0.5) is 5.82 Å². The zero-order valence-corrected chi connectivity index (χ0v) is 15.1. The van der Waals surface area contributed by atoms with Crippen LogP contribution >= 0.6 is 12.4 Å². The van der Waals surface area contributed by atoms with Gasteiger partial charge in [-0.15, -0.1) is 12.4 Å². The lowest BCUT2D eigenvalue weighted by molar-refractivity contribution is 0.195. The molecule has 0 spiro atoms. The quantitative estimate of drug-likeness (QED) is 0.876. The molecule has 5 nitrogen and oxygen atoms in total. The Balaban J connectivity index is 0.00000182. The average molecular weight is 361 g/mol. The lowest BCUT2D eigenvalue weighted by atomic mass is 10.1. The topological polar surface area (TPSA) is 59.1 Å². The summed E-state index contributed by atoms with van der Waals surface area (Å²) in [4.78, 5) is 9.76. The average Bonchev–Trinajstić information content (AvgIpc) is 2.99. The van der Waals surface area contributed by atoms with E-state index in [-0.39, 0.29) is 12.4 Å². The summed E-state index contributed by atoms with van der Waals surface area (Å²) in [6, 6.07) is 10.8. The van der Waals surface area contributed by atoms with Crippen molar-refractivity contribution in [3.8, 4) is 0 Å². The van der Waals surface area contributed by atoms with Crippen LogP contribution in [0, 0.1) is 0 Å². The number of halogens is 1. The molecule has 1 aromatic heterocycles. The highest BCUT2D eigenvalue weighted by Crippen LogP contribution is 2.23. The molecule has 0 bridgehead atoms. The number of benzene rings is 1. The van der Waals surface area contributed by atoms with Gasteiger partial charge in [-0.1, -0.05) is 30.3 Å². The van der Waals surface area contributed by atoms with E-state index in [9.17, 15) is 0 Å². The van der Waals surface area contributed by atoms with E-state index in [0.717, 1.165) is 63.6 Å². The maximum atomic E-state index is 5.51. The zero-order valence-electron chi connectivity index (χ0n) is 14.3. The molecule has 3 heterocycles. The number of hydrogen-bond donors (Lipinski definition) is 2. The van der Waals surface area contributed by atoms with E-state index in [1.807, 2.05) is 6.07 Å². The summed E-state index contributed by atoms with van der Waals surface area (Å²) in [7, 11) is 0. The van der Waals surface area contributed by atoms with Gasteiger partial charge < -0.3 is 15.4 Å². The van der Waals surface area contributed by atoms with E-state index < -0.39 is 0 Å². The van der Waals surface area contributed by atoms with Gasteiger partial charge in [0, 0.05) is 31.6 Å². The van der Waals surface area contributed by atoms with Crippen LogP contribution in [0.25, 0.3) is 0 Å². The Kier molecular flexibility index (Phi) is 6.24. The minimum atomic E-state index is 0. The first-order chi connectivity index (χ1) is 11.9. The van der Waals surface area contributed by atoms with Gasteiger partial charge in [0.25, 0.3) is 0 Å². The number of aromatic nitrogens is 2. The first kappa shape index (κ1) is 18.1. The van der Waals surface area contributed by atoms with Crippen molar-refractivity contribution in [2.45, 2.75) is 31.7 Å². The Morgan fingerprint density at radius 3 is 2.76 bits per heavy atom. The fraction of sp³-hybridized carbons (Fsp3) is 0.474. The summed E-state index contributed by atoms with van der Waals surface area (Å²) in [6.07, 6.45) is 3.77. The van der Waals surface area contributed by atoms with Crippen molar-refractivity contribution < 1.29 is 4.74 Å². The largest absolute Gasteiger partial charge is 0.379 e. The van der Waals surface area contributed by atoms with E-state index in [1.165, 1.54) is 16.8 Å². The van der Waals surface area contributed by atoms with Crippen LogP contribution < -0.4 is 10.6 Å². The van der Waals surface area contributed by atoms with E-state index in [0.29, 0.717) is 6.04 Å². The molecule has 6 heteroatoms. The van der Waals surface area contributed by atoms with Crippen LogP contribution in [0.5, 0.6) is 0 Å². The number of nitrogens with one attached hydrogen (secondary N) is 2. The van der Waals surface area contributed by atoms with Crippen molar-refractivity contribution in [2.75, 3.05) is 31.6 Å². The van der Waals surface area contributed by atoms with Crippen LogP contribution in [0.15, 0.2) is 30.3 Å². The van der Waals surface area contributed by atoms with Crippen LogP contribution in [-0.4, -0.2) is 42.3 Å². The van der Waals surface area contributed by atoms with Gasteiger partial charge in [-0.3, -0.25) is 0 Å². The first-order valence-corrected chi connectivity index (χ1v) is 8.86. The molecule has 1 atom stereocenters. The Morgan fingerprint density at radius 2 is 1.96 bits per heavy atom. The highest BCUT2D eigenvalue weighted by atomic mass is 35.5. The van der Waals surface area contributed by atoms with Gasteiger partial charge >= 0.3 is 0 Å².